The van der Waals surface area contributed by atoms with Gasteiger partial charge in [0, 0.05) is 36.8 Å². The Bertz CT molecular complexity index is 578. The number of piperidine rings is 1. The molecule has 3 heterocycles. The van der Waals surface area contributed by atoms with E-state index in [1.165, 1.54) is 0 Å². The van der Waals surface area contributed by atoms with Gasteiger partial charge in [0.15, 0.2) is 0 Å². The van der Waals surface area contributed by atoms with Gasteiger partial charge in [-0.1, -0.05) is 0 Å². The summed E-state index contributed by atoms with van der Waals surface area (Å²) in [5.74, 6) is 0.543. The van der Waals surface area contributed by atoms with Gasteiger partial charge in [0.25, 0.3) is 0 Å². The number of likely N-dealkylation sites (tertiary alicyclic amines) is 1. The zero-order valence-electron chi connectivity index (χ0n) is 11.5. The molecule has 0 aliphatic carbocycles. The number of amides is 1. The summed E-state index contributed by atoms with van der Waals surface area (Å²) in [5, 5.41) is 7.33. The summed E-state index contributed by atoms with van der Waals surface area (Å²) in [6.45, 7) is 3.94. The number of carbonyl (C=O) groups is 1. The number of carbonyl (C=O) groups excluding carboxylic acids is 1. The zero-order chi connectivity index (χ0) is 13.9. The number of thiazole rings is 1. The average Bonchev–Trinajstić information content (AvgIpc) is 3.11. The van der Waals surface area contributed by atoms with E-state index < -0.39 is 0 Å². The van der Waals surface area contributed by atoms with E-state index >= 15 is 0 Å². The summed E-state index contributed by atoms with van der Waals surface area (Å²) in [4.78, 5) is 18.7. The third kappa shape index (κ3) is 2.90. The van der Waals surface area contributed by atoms with E-state index in [0.717, 1.165) is 36.5 Å². The zero-order valence-corrected chi connectivity index (χ0v) is 12.3. The van der Waals surface area contributed by atoms with Gasteiger partial charge in [0.2, 0.25) is 5.91 Å². The Hall–Kier alpha value is -1.69. The van der Waals surface area contributed by atoms with Crippen molar-refractivity contribution < 1.29 is 4.79 Å². The molecule has 0 aromatic carbocycles. The van der Waals surface area contributed by atoms with Crippen LogP contribution in [0.2, 0.25) is 0 Å². The first-order valence-corrected chi connectivity index (χ1v) is 7.76. The molecular formula is C14H18N4OS. The van der Waals surface area contributed by atoms with Gasteiger partial charge < -0.3 is 4.90 Å². The SMILES string of the molecule is Cc1cnn(CC(=O)N2CCC[C@H](c3nccs3)C2)c1. The lowest BCUT2D eigenvalue weighted by Crippen LogP contribution is -2.40. The molecule has 0 unspecified atom stereocenters. The van der Waals surface area contributed by atoms with Crippen LogP contribution in [0.3, 0.4) is 0 Å². The second-order valence-corrected chi connectivity index (χ2v) is 6.19. The molecule has 1 aliphatic heterocycles. The largest absolute Gasteiger partial charge is 0.340 e. The fourth-order valence-corrected chi connectivity index (χ4v) is 3.40. The Labute approximate surface area is 122 Å². The van der Waals surface area contributed by atoms with E-state index in [0.29, 0.717) is 12.5 Å². The molecule has 0 saturated carbocycles. The number of hydrogen-bond donors (Lipinski definition) is 0. The third-order valence-corrected chi connectivity index (χ3v) is 4.57. The molecule has 3 rings (SSSR count). The van der Waals surface area contributed by atoms with Crippen LogP contribution < -0.4 is 0 Å². The quantitative estimate of drug-likeness (QED) is 0.869. The maximum Gasteiger partial charge on any atom is 0.244 e. The molecule has 0 bridgehead atoms. The van der Waals surface area contributed by atoms with E-state index in [-0.39, 0.29) is 5.91 Å². The molecule has 0 N–H and O–H groups in total. The van der Waals surface area contributed by atoms with E-state index in [9.17, 15) is 4.79 Å². The lowest BCUT2D eigenvalue weighted by atomic mass is 9.99. The highest BCUT2D eigenvalue weighted by Gasteiger charge is 2.26. The van der Waals surface area contributed by atoms with Crippen LogP contribution in [0.1, 0.15) is 29.3 Å². The lowest BCUT2D eigenvalue weighted by Gasteiger charge is -2.31. The van der Waals surface area contributed by atoms with Crippen molar-refractivity contribution in [2.75, 3.05) is 13.1 Å². The predicted octanol–water partition coefficient (Wildman–Crippen LogP) is 2.05. The van der Waals surface area contributed by atoms with Gasteiger partial charge in [-0.3, -0.25) is 9.48 Å². The van der Waals surface area contributed by atoms with Crippen LogP contribution in [-0.2, 0) is 11.3 Å². The number of nitrogens with zero attached hydrogens (tertiary/aromatic N) is 4. The topological polar surface area (TPSA) is 51.0 Å². The van der Waals surface area contributed by atoms with Crippen LogP contribution in [0.4, 0.5) is 0 Å². The van der Waals surface area contributed by atoms with Gasteiger partial charge >= 0.3 is 0 Å². The second kappa shape index (κ2) is 5.75. The molecule has 6 heteroatoms. The molecule has 106 valence electrons. The van der Waals surface area contributed by atoms with Crippen LogP contribution in [0.25, 0.3) is 0 Å². The molecular weight excluding hydrogens is 272 g/mol. The number of aromatic nitrogens is 3. The Morgan fingerprint density at radius 3 is 3.15 bits per heavy atom. The molecule has 5 nitrogen and oxygen atoms in total. The summed E-state index contributed by atoms with van der Waals surface area (Å²) in [7, 11) is 0. The first kappa shape index (κ1) is 13.3. The molecule has 1 amide bonds. The highest BCUT2D eigenvalue weighted by molar-refractivity contribution is 7.09. The van der Waals surface area contributed by atoms with Crippen molar-refractivity contribution in [3.8, 4) is 0 Å². The fourth-order valence-electron chi connectivity index (χ4n) is 2.63. The molecule has 1 saturated heterocycles. The molecule has 1 atom stereocenters. The monoisotopic (exact) mass is 290 g/mol. The Kier molecular flexibility index (Phi) is 3.82. The lowest BCUT2D eigenvalue weighted by molar-refractivity contribution is -0.133. The molecule has 20 heavy (non-hydrogen) atoms. The highest BCUT2D eigenvalue weighted by Crippen LogP contribution is 2.28. The van der Waals surface area contributed by atoms with Gasteiger partial charge in [-0.2, -0.15) is 5.10 Å². The van der Waals surface area contributed by atoms with E-state index in [4.69, 9.17) is 0 Å². The molecule has 2 aromatic rings. The van der Waals surface area contributed by atoms with Crippen LogP contribution in [0.15, 0.2) is 24.0 Å². The fraction of sp³-hybridized carbons (Fsp3) is 0.500. The molecule has 2 aromatic heterocycles. The van der Waals surface area contributed by atoms with Crippen LogP contribution >= 0.6 is 11.3 Å². The van der Waals surface area contributed by atoms with E-state index in [2.05, 4.69) is 10.1 Å². The van der Waals surface area contributed by atoms with Gasteiger partial charge in [0.1, 0.15) is 6.54 Å². The van der Waals surface area contributed by atoms with Gasteiger partial charge in [-0.25, -0.2) is 4.98 Å². The minimum absolute atomic E-state index is 0.148. The van der Waals surface area contributed by atoms with Crippen LogP contribution in [0.5, 0.6) is 0 Å². The van der Waals surface area contributed by atoms with Crippen LogP contribution in [0, 0.1) is 6.92 Å². The Balaban J connectivity index is 1.63. The minimum Gasteiger partial charge on any atom is -0.340 e. The van der Waals surface area contributed by atoms with Crippen LogP contribution in [-0.4, -0.2) is 38.7 Å². The molecule has 1 fully saturated rings. The summed E-state index contributed by atoms with van der Waals surface area (Å²) >= 11 is 1.68. The Morgan fingerprint density at radius 2 is 2.45 bits per heavy atom. The molecule has 1 aliphatic rings. The summed E-state index contributed by atoms with van der Waals surface area (Å²) in [6, 6.07) is 0. The van der Waals surface area contributed by atoms with Crippen molar-refractivity contribution >= 4 is 17.2 Å². The second-order valence-electron chi connectivity index (χ2n) is 5.26. The first-order valence-electron chi connectivity index (χ1n) is 6.88. The van der Waals surface area contributed by atoms with Crippen molar-refractivity contribution in [3.63, 3.8) is 0 Å². The molecule has 0 radical (unpaired) electrons. The summed E-state index contributed by atoms with van der Waals surface area (Å²) in [6.07, 6.45) is 7.70. The maximum absolute atomic E-state index is 12.3. The third-order valence-electron chi connectivity index (χ3n) is 3.63. The van der Waals surface area contributed by atoms with Crippen molar-refractivity contribution in [3.05, 3.63) is 34.5 Å². The first-order chi connectivity index (χ1) is 9.72. The standard InChI is InChI=1S/C14H18N4OS/c1-11-7-16-18(8-11)10-13(19)17-5-2-3-12(9-17)14-15-4-6-20-14/h4,6-8,12H,2-3,5,9-10H2,1H3/t12-/m0/s1. The van der Waals surface area contributed by atoms with Gasteiger partial charge in [-0.05, 0) is 25.3 Å². The van der Waals surface area contributed by atoms with Gasteiger partial charge in [0.05, 0.1) is 11.2 Å². The van der Waals surface area contributed by atoms with E-state index in [1.54, 1.807) is 22.2 Å². The van der Waals surface area contributed by atoms with Crippen molar-refractivity contribution in [2.24, 2.45) is 0 Å². The summed E-state index contributed by atoms with van der Waals surface area (Å²) < 4.78 is 1.71. The Morgan fingerprint density at radius 1 is 1.55 bits per heavy atom. The number of rotatable bonds is 3. The number of hydrogen-bond acceptors (Lipinski definition) is 4. The average molecular weight is 290 g/mol. The van der Waals surface area contributed by atoms with Gasteiger partial charge in [-0.15, -0.1) is 11.3 Å². The smallest absolute Gasteiger partial charge is 0.244 e. The predicted molar refractivity (Wildman–Crippen MR) is 77.6 cm³/mol. The van der Waals surface area contributed by atoms with Crippen molar-refractivity contribution in [2.45, 2.75) is 32.2 Å². The van der Waals surface area contributed by atoms with Crippen molar-refractivity contribution in [1.29, 1.82) is 0 Å². The maximum atomic E-state index is 12.3. The number of aryl methyl sites for hydroxylation is 1. The minimum atomic E-state index is 0.148. The molecule has 0 spiro atoms. The van der Waals surface area contributed by atoms with E-state index in [1.807, 2.05) is 29.6 Å². The summed E-state index contributed by atoms with van der Waals surface area (Å²) in [5.41, 5.74) is 1.08. The van der Waals surface area contributed by atoms with Crippen molar-refractivity contribution in [1.82, 2.24) is 19.7 Å². The highest BCUT2D eigenvalue weighted by atomic mass is 32.1. The normalized spacial score (nSPS) is 19.2.